The van der Waals surface area contributed by atoms with Crippen molar-refractivity contribution in [2.24, 2.45) is 0 Å². The van der Waals surface area contributed by atoms with E-state index in [-0.39, 0.29) is 23.3 Å². The number of aromatic nitrogens is 1. The summed E-state index contributed by atoms with van der Waals surface area (Å²) in [5, 5.41) is 11.6. The molecule has 0 fully saturated rings. The number of halogens is 2. The van der Waals surface area contributed by atoms with Crippen LogP contribution in [0.4, 0.5) is 14.8 Å². The molecule has 1 heterocycles. The minimum absolute atomic E-state index is 0.109. The van der Waals surface area contributed by atoms with Crippen LogP contribution in [0.3, 0.4) is 0 Å². The molecule has 0 radical (unpaired) electrons. The first-order chi connectivity index (χ1) is 11.9. The van der Waals surface area contributed by atoms with Crippen molar-refractivity contribution in [3.05, 3.63) is 70.1 Å². The van der Waals surface area contributed by atoms with Crippen molar-refractivity contribution < 1.29 is 23.1 Å². The van der Waals surface area contributed by atoms with Crippen molar-refractivity contribution in [1.29, 1.82) is 0 Å². The number of carboxylic acid groups (broad SMARTS) is 1. The van der Waals surface area contributed by atoms with E-state index in [2.05, 4.69) is 10.3 Å². The number of carbonyl (C=O) groups is 1. The molecular weight excluding hydrogens is 334 g/mol. The molecule has 2 N–H and O–H groups in total. The van der Waals surface area contributed by atoms with E-state index in [0.717, 1.165) is 11.6 Å². The maximum absolute atomic E-state index is 13.3. The molecule has 25 heavy (non-hydrogen) atoms. The zero-order valence-corrected chi connectivity index (χ0v) is 12.7. The van der Waals surface area contributed by atoms with Crippen LogP contribution < -0.4 is 10.9 Å². The van der Waals surface area contributed by atoms with E-state index in [1.807, 2.05) is 0 Å². The lowest BCUT2D eigenvalue weighted by Crippen LogP contribution is -2.32. The van der Waals surface area contributed by atoms with Crippen LogP contribution in [0.25, 0.3) is 10.9 Å². The Morgan fingerprint density at radius 3 is 2.56 bits per heavy atom. The number of nitrogens with one attached hydrogen (secondary N) is 1. The molecule has 2 aromatic carbocycles. The van der Waals surface area contributed by atoms with Gasteiger partial charge in [0.1, 0.15) is 6.04 Å². The average molecular weight is 346 g/mol. The smallest absolute Gasteiger partial charge is 0.348 e. The largest absolute Gasteiger partial charge is 0.480 e. The molecule has 1 aromatic heterocycles. The monoisotopic (exact) mass is 346 g/mol. The minimum Gasteiger partial charge on any atom is -0.480 e. The Labute approximate surface area is 139 Å². The highest BCUT2D eigenvalue weighted by Gasteiger charge is 2.20. The van der Waals surface area contributed by atoms with E-state index < -0.39 is 29.3 Å². The van der Waals surface area contributed by atoms with Gasteiger partial charge in [0, 0.05) is 12.5 Å². The number of hydrogen-bond donors (Lipinski definition) is 2. The van der Waals surface area contributed by atoms with Crippen LogP contribution in [0.5, 0.6) is 0 Å². The van der Waals surface area contributed by atoms with Gasteiger partial charge in [0.15, 0.2) is 11.6 Å². The number of hydrogen-bond acceptors (Lipinski definition) is 5. The summed E-state index contributed by atoms with van der Waals surface area (Å²) in [5.41, 5.74) is -0.338. The van der Waals surface area contributed by atoms with Gasteiger partial charge in [0.25, 0.3) is 6.01 Å². The Bertz CT molecular complexity index is 989. The summed E-state index contributed by atoms with van der Waals surface area (Å²) in [5.74, 6) is -3.55. The summed E-state index contributed by atoms with van der Waals surface area (Å²) in [6.07, 6.45) is 0.109. The molecule has 128 valence electrons. The topological polar surface area (TPSA) is 92.4 Å². The SMILES string of the molecule is O=C(O)[C@H](Cc1ccccc1)Nc1nc2cc(F)c(F)cc2c(=O)o1. The molecule has 0 saturated heterocycles. The summed E-state index contributed by atoms with van der Waals surface area (Å²) in [6.45, 7) is 0. The van der Waals surface area contributed by atoms with E-state index >= 15 is 0 Å². The second-order valence-corrected chi connectivity index (χ2v) is 5.31. The predicted molar refractivity (Wildman–Crippen MR) is 85.4 cm³/mol. The van der Waals surface area contributed by atoms with Crippen molar-refractivity contribution >= 4 is 22.9 Å². The first kappa shape index (κ1) is 16.6. The molecule has 0 aliphatic carbocycles. The molecule has 0 saturated carbocycles. The lowest BCUT2D eigenvalue weighted by molar-refractivity contribution is -0.137. The highest BCUT2D eigenvalue weighted by molar-refractivity contribution is 5.79. The zero-order valence-electron chi connectivity index (χ0n) is 12.7. The van der Waals surface area contributed by atoms with Crippen molar-refractivity contribution in [2.75, 3.05) is 5.32 Å². The molecule has 8 heteroatoms. The second kappa shape index (κ2) is 6.68. The molecule has 0 spiro atoms. The molecule has 0 unspecified atom stereocenters. The normalized spacial score (nSPS) is 12.1. The Kier molecular flexibility index (Phi) is 4.42. The summed E-state index contributed by atoms with van der Waals surface area (Å²) in [4.78, 5) is 27.2. The van der Waals surface area contributed by atoms with Gasteiger partial charge in [0.05, 0.1) is 10.9 Å². The van der Waals surface area contributed by atoms with Gasteiger partial charge in [-0.3, -0.25) is 0 Å². The van der Waals surface area contributed by atoms with Crippen molar-refractivity contribution in [2.45, 2.75) is 12.5 Å². The van der Waals surface area contributed by atoms with Gasteiger partial charge in [-0.25, -0.2) is 18.4 Å². The minimum atomic E-state index is -1.20. The third-order valence-electron chi connectivity index (χ3n) is 3.55. The van der Waals surface area contributed by atoms with Gasteiger partial charge in [-0.1, -0.05) is 30.3 Å². The van der Waals surface area contributed by atoms with Crippen LogP contribution in [-0.4, -0.2) is 22.1 Å². The Morgan fingerprint density at radius 1 is 1.20 bits per heavy atom. The fourth-order valence-electron chi connectivity index (χ4n) is 2.33. The third-order valence-corrected chi connectivity index (χ3v) is 3.55. The van der Waals surface area contributed by atoms with Crippen molar-refractivity contribution in [3.63, 3.8) is 0 Å². The highest BCUT2D eigenvalue weighted by atomic mass is 19.2. The number of carboxylic acids is 1. The van der Waals surface area contributed by atoms with Crippen LogP contribution in [-0.2, 0) is 11.2 Å². The molecule has 3 aromatic rings. The maximum Gasteiger partial charge on any atom is 0.348 e. The lowest BCUT2D eigenvalue weighted by atomic mass is 10.1. The van der Waals surface area contributed by atoms with Crippen LogP contribution in [0.2, 0.25) is 0 Å². The highest BCUT2D eigenvalue weighted by Crippen LogP contribution is 2.17. The van der Waals surface area contributed by atoms with E-state index in [0.29, 0.717) is 6.07 Å². The van der Waals surface area contributed by atoms with Gasteiger partial charge in [-0.05, 0) is 11.6 Å². The van der Waals surface area contributed by atoms with Gasteiger partial charge in [-0.2, -0.15) is 4.98 Å². The number of anilines is 1. The lowest BCUT2D eigenvalue weighted by Gasteiger charge is -2.14. The predicted octanol–water partition coefficient (Wildman–Crippen LogP) is 2.57. The molecule has 0 aliphatic rings. The molecule has 0 bridgehead atoms. The fourth-order valence-corrected chi connectivity index (χ4v) is 2.33. The zero-order chi connectivity index (χ0) is 18.0. The Morgan fingerprint density at radius 2 is 1.88 bits per heavy atom. The number of fused-ring (bicyclic) bond motifs is 1. The van der Waals surface area contributed by atoms with Crippen molar-refractivity contribution in [1.82, 2.24) is 4.98 Å². The van der Waals surface area contributed by atoms with Gasteiger partial charge < -0.3 is 14.8 Å². The number of aliphatic carboxylic acids is 1. The number of benzene rings is 2. The molecule has 0 aliphatic heterocycles. The van der Waals surface area contributed by atoms with Crippen LogP contribution in [0.15, 0.2) is 51.7 Å². The van der Waals surface area contributed by atoms with Crippen LogP contribution in [0.1, 0.15) is 5.56 Å². The number of rotatable bonds is 5. The molecular formula is C17H12F2N2O4. The average Bonchev–Trinajstić information content (AvgIpc) is 2.57. The van der Waals surface area contributed by atoms with Crippen molar-refractivity contribution in [3.8, 4) is 0 Å². The molecule has 1 atom stereocenters. The van der Waals surface area contributed by atoms with E-state index in [9.17, 15) is 23.5 Å². The Hall–Kier alpha value is -3.29. The summed E-state index contributed by atoms with van der Waals surface area (Å²) in [7, 11) is 0. The first-order valence-corrected chi connectivity index (χ1v) is 7.27. The molecule has 6 nitrogen and oxygen atoms in total. The fraction of sp³-hybridized carbons (Fsp3) is 0.118. The maximum atomic E-state index is 13.3. The molecule has 3 rings (SSSR count). The van der Waals surface area contributed by atoms with E-state index in [4.69, 9.17) is 4.42 Å². The van der Waals surface area contributed by atoms with E-state index in [1.165, 1.54) is 0 Å². The summed E-state index contributed by atoms with van der Waals surface area (Å²) < 4.78 is 31.4. The van der Waals surface area contributed by atoms with Gasteiger partial charge in [0.2, 0.25) is 0 Å². The molecule has 0 amide bonds. The Balaban J connectivity index is 1.93. The number of nitrogens with zero attached hydrogens (tertiary/aromatic N) is 1. The summed E-state index contributed by atoms with van der Waals surface area (Å²) >= 11 is 0. The summed E-state index contributed by atoms with van der Waals surface area (Å²) in [6, 6.07) is 8.75. The second-order valence-electron chi connectivity index (χ2n) is 5.31. The standard InChI is InChI=1S/C17H12F2N2O4/c18-11-7-10-13(8-12(11)19)20-17(25-16(10)24)21-14(15(22)23)6-9-4-2-1-3-5-9/h1-5,7-8,14H,6H2,(H,20,21)(H,22,23)/t14-/m0/s1. The van der Waals surface area contributed by atoms with Crippen LogP contribution in [0, 0.1) is 11.6 Å². The third kappa shape index (κ3) is 3.63. The van der Waals surface area contributed by atoms with E-state index in [1.54, 1.807) is 30.3 Å². The quantitative estimate of drug-likeness (QED) is 0.738. The van der Waals surface area contributed by atoms with Gasteiger partial charge in [-0.15, -0.1) is 0 Å². The first-order valence-electron chi connectivity index (χ1n) is 7.27. The van der Waals surface area contributed by atoms with Gasteiger partial charge >= 0.3 is 11.6 Å². The van der Waals surface area contributed by atoms with Crippen LogP contribution >= 0.6 is 0 Å².